The van der Waals surface area contributed by atoms with E-state index in [1.165, 1.54) is 0 Å². The van der Waals surface area contributed by atoms with Crippen molar-refractivity contribution in [2.24, 2.45) is 5.41 Å². The summed E-state index contributed by atoms with van der Waals surface area (Å²) in [5.41, 5.74) is -1.61. The van der Waals surface area contributed by atoms with Crippen molar-refractivity contribution < 1.29 is 35.9 Å². The van der Waals surface area contributed by atoms with Gasteiger partial charge in [0.15, 0.2) is 0 Å². The Balaban J connectivity index is 5.17. The van der Waals surface area contributed by atoms with Crippen LogP contribution < -0.4 is 0 Å². The fourth-order valence-corrected chi connectivity index (χ4v) is 0.960. The maximum absolute atomic E-state index is 12.9. The van der Waals surface area contributed by atoms with E-state index in [2.05, 4.69) is 0 Å². The molecule has 8 heteroatoms. The highest BCUT2D eigenvalue weighted by molar-refractivity contribution is 5.93. The van der Waals surface area contributed by atoms with E-state index in [-0.39, 0.29) is 0 Å². The van der Waals surface area contributed by atoms with Crippen molar-refractivity contribution in [2.75, 3.05) is 0 Å². The minimum absolute atomic E-state index is 0.688. The third kappa shape index (κ3) is 3.02. The molecule has 0 aliphatic heterocycles. The van der Waals surface area contributed by atoms with Crippen molar-refractivity contribution in [3.63, 3.8) is 0 Å². The minimum Gasteiger partial charge on any atom is -0.299 e. The van der Waals surface area contributed by atoms with Crippen LogP contribution in [0.3, 0.4) is 0 Å². The van der Waals surface area contributed by atoms with Crippen LogP contribution in [0.5, 0.6) is 0 Å². The molecule has 0 fully saturated rings. The SMILES string of the molecule is CC(=O)C(C)(C)CC(=O)C(F)(F)C(F)(F)C(F)F. The molecule has 0 aromatic rings. The molecule has 0 saturated heterocycles. The lowest BCUT2D eigenvalue weighted by Crippen LogP contribution is -2.52. The van der Waals surface area contributed by atoms with E-state index in [0.29, 0.717) is 0 Å². The molecule has 18 heavy (non-hydrogen) atoms. The highest BCUT2D eigenvalue weighted by Gasteiger charge is 2.67. The van der Waals surface area contributed by atoms with Gasteiger partial charge in [0.1, 0.15) is 5.78 Å². The van der Waals surface area contributed by atoms with E-state index in [1.54, 1.807) is 0 Å². The first-order chi connectivity index (χ1) is 7.76. The van der Waals surface area contributed by atoms with Crippen LogP contribution in [-0.4, -0.2) is 29.8 Å². The van der Waals surface area contributed by atoms with Gasteiger partial charge in [0.05, 0.1) is 0 Å². The van der Waals surface area contributed by atoms with Crippen LogP contribution in [0.4, 0.5) is 26.3 Å². The van der Waals surface area contributed by atoms with Gasteiger partial charge < -0.3 is 0 Å². The van der Waals surface area contributed by atoms with Gasteiger partial charge in [0.2, 0.25) is 5.78 Å². The normalized spacial score (nSPS) is 13.9. The van der Waals surface area contributed by atoms with Crippen molar-refractivity contribution in [3.8, 4) is 0 Å². The van der Waals surface area contributed by atoms with Crippen molar-refractivity contribution in [2.45, 2.75) is 45.5 Å². The smallest absolute Gasteiger partial charge is 0.299 e. The summed E-state index contributed by atoms with van der Waals surface area (Å²) < 4.78 is 74.6. The van der Waals surface area contributed by atoms with Gasteiger partial charge in [0, 0.05) is 11.8 Å². The van der Waals surface area contributed by atoms with Crippen LogP contribution in [0.15, 0.2) is 0 Å². The van der Waals surface area contributed by atoms with E-state index >= 15 is 0 Å². The van der Waals surface area contributed by atoms with Gasteiger partial charge in [0.25, 0.3) is 0 Å². The first-order valence-electron chi connectivity index (χ1n) is 4.85. The molecule has 0 aromatic carbocycles. The Morgan fingerprint density at radius 3 is 1.72 bits per heavy atom. The van der Waals surface area contributed by atoms with Crippen LogP contribution in [0.25, 0.3) is 0 Å². The highest BCUT2D eigenvalue weighted by atomic mass is 19.3. The van der Waals surface area contributed by atoms with E-state index in [4.69, 9.17) is 0 Å². The summed E-state index contributed by atoms with van der Waals surface area (Å²) in [7, 11) is 0. The van der Waals surface area contributed by atoms with Gasteiger partial charge in [-0.3, -0.25) is 9.59 Å². The quantitative estimate of drug-likeness (QED) is 0.700. The number of alkyl halides is 6. The molecule has 106 valence electrons. The number of rotatable bonds is 6. The summed E-state index contributed by atoms with van der Waals surface area (Å²) in [6.07, 6.45) is -5.91. The molecule has 0 rings (SSSR count). The largest absolute Gasteiger partial charge is 0.376 e. The summed E-state index contributed by atoms with van der Waals surface area (Å²) >= 11 is 0. The number of hydrogen-bond donors (Lipinski definition) is 0. The second-order valence-electron chi connectivity index (χ2n) is 4.54. The van der Waals surface area contributed by atoms with Crippen molar-refractivity contribution >= 4 is 11.6 Å². The van der Waals surface area contributed by atoms with Crippen LogP contribution in [0, 0.1) is 5.41 Å². The fraction of sp³-hybridized carbons (Fsp3) is 0.800. The molecule has 0 heterocycles. The summed E-state index contributed by atoms with van der Waals surface area (Å²) in [6, 6.07) is 0. The average molecular weight is 278 g/mol. The number of hydrogen-bond acceptors (Lipinski definition) is 2. The summed E-state index contributed by atoms with van der Waals surface area (Å²) in [5, 5.41) is 0. The van der Waals surface area contributed by atoms with Gasteiger partial charge in [-0.25, -0.2) is 8.78 Å². The van der Waals surface area contributed by atoms with Crippen LogP contribution in [-0.2, 0) is 9.59 Å². The van der Waals surface area contributed by atoms with E-state index in [1.807, 2.05) is 0 Å². The first-order valence-corrected chi connectivity index (χ1v) is 4.85. The van der Waals surface area contributed by atoms with Crippen LogP contribution >= 0.6 is 0 Å². The second-order valence-corrected chi connectivity index (χ2v) is 4.54. The van der Waals surface area contributed by atoms with E-state index in [9.17, 15) is 35.9 Å². The molecular weight excluding hydrogens is 266 g/mol. The number of carbonyl (C=O) groups is 2. The third-order valence-corrected chi connectivity index (χ3v) is 2.60. The van der Waals surface area contributed by atoms with E-state index < -0.39 is 41.7 Å². The van der Waals surface area contributed by atoms with Gasteiger partial charge in [-0.1, -0.05) is 13.8 Å². The first kappa shape index (κ1) is 16.9. The van der Waals surface area contributed by atoms with Gasteiger partial charge in [-0.05, 0) is 6.92 Å². The summed E-state index contributed by atoms with van der Waals surface area (Å²) in [6.45, 7) is 3.16. The molecule has 0 spiro atoms. The zero-order valence-electron chi connectivity index (χ0n) is 9.87. The van der Waals surface area contributed by atoms with Gasteiger partial charge >= 0.3 is 18.3 Å². The lowest BCUT2D eigenvalue weighted by atomic mass is 9.81. The van der Waals surface area contributed by atoms with Gasteiger partial charge in [-0.15, -0.1) is 0 Å². The molecule has 0 bridgehead atoms. The second kappa shape index (κ2) is 4.89. The highest BCUT2D eigenvalue weighted by Crippen LogP contribution is 2.42. The molecule has 0 unspecified atom stereocenters. The molecule has 0 atom stereocenters. The third-order valence-electron chi connectivity index (χ3n) is 2.60. The topological polar surface area (TPSA) is 34.1 Å². The molecule has 2 nitrogen and oxygen atoms in total. The molecule has 0 N–H and O–H groups in total. The lowest BCUT2D eigenvalue weighted by Gasteiger charge is -2.27. The molecule has 0 radical (unpaired) electrons. The van der Waals surface area contributed by atoms with Gasteiger partial charge in [-0.2, -0.15) is 17.6 Å². The Morgan fingerprint density at radius 2 is 1.44 bits per heavy atom. The Labute approximate surface area is 99.3 Å². The molecule has 0 saturated carbocycles. The summed E-state index contributed by atoms with van der Waals surface area (Å²) in [4.78, 5) is 22.0. The predicted octanol–water partition coefficient (Wildman–Crippen LogP) is 3.10. The Bertz CT molecular complexity index is 348. The molecule has 0 aliphatic carbocycles. The fourth-order valence-electron chi connectivity index (χ4n) is 0.960. The summed E-state index contributed by atoms with van der Waals surface area (Å²) in [5.74, 6) is -14.3. The number of carbonyl (C=O) groups excluding carboxylic acids is 2. The van der Waals surface area contributed by atoms with Crippen molar-refractivity contribution in [1.29, 1.82) is 0 Å². The minimum atomic E-state index is -5.75. The Hall–Kier alpha value is -1.08. The maximum atomic E-state index is 12.9. The molecule has 0 aliphatic rings. The maximum Gasteiger partial charge on any atom is 0.376 e. The Morgan fingerprint density at radius 1 is 1.06 bits per heavy atom. The lowest BCUT2D eigenvalue weighted by molar-refractivity contribution is -0.254. The number of ketones is 2. The van der Waals surface area contributed by atoms with Crippen molar-refractivity contribution in [3.05, 3.63) is 0 Å². The van der Waals surface area contributed by atoms with E-state index in [0.717, 1.165) is 20.8 Å². The zero-order chi connectivity index (χ0) is 14.9. The van der Waals surface area contributed by atoms with Crippen LogP contribution in [0.2, 0.25) is 0 Å². The molecule has 0 amide bonds. The molecular formula is C10H12F6O2. The van der Waals surface area contributed by atoms with Crippen molar-refractivity contribution in [1.82, 2.24) is 0 Å². The molecule has 0 aromatic heterocycles. The monoisotopic (exact) mass is 278 g/mol. The van der Waals surface area contributed by atoms with Crippen LogP contribution in [0.1, 0.15) is 27.2 Å². The standard InChI is InChI=1S/C10H12F6O2/c1-5(17)8(2,3)4-6(18)9(13,14)10(15,16)7(11)12/h7H,4H2,1-3H3. The number of halogens is 6. The average Bonchev–Trinajstić information content (AvgIpc) is 2.15. The predicted molar refractivity (Wildman–Crippen MR) is 50.0 cm³/mol. The Kier molecular flexibility index (Phi) is 4.60. The number of Topliss-reactive ketones (excluding diaryl/α,β-unsaturated/α-hetero) is 2. The zero-order valence-corrected chi connectivity index (χ0v) is 9.87.